The van der Waals surface area contributed by atoms with Gasteiger partial charge in [-0.25, -0.2) is 0 Å². The lowest BCUT2D eigenvalue weighted by molar-refractivity contribution is 0.1000. The lowest BCUT2D eigenvalue weighted by Crippen LogP contribution is -2.31. The summed E-state index contributed by atoms with van der Waals surface area (Å²) in [5.74, 6) is -0.498. The minimum atomic E-state index is -0.498. The van der Waals surface area contributed by atoms with E-state index >= 15 is 0 Å². The van der Waals surface area contributed by atoms with Crippen LogP contribution >= 0.6 is 15.9 Å². The van der Waals surface area contributed by atoms with Gasteiger partial charge in [0, 0.05) is 16.7 Å². The van der Waals surface area contributed by atoms with Crippen LogP contribution in [0.3, 0.4) is 0 Å². The van der Waals surface area contributed by atoms with Crippen molar-refractivity contribution < 1.29 is 4.79 Å². The molecule has 0 aliphatic rings. The van der Waals surface area contributed by atoms with Crippen molar-refractivity contribution in [1.82, 2.24) is 9.78 Å². The molecular weight excluding hydrogens is 308 g/mol. The monoisotopic (exact) mass is 322 g/mol. The van der Waals surface area contributed by atoms with Gasteiger partial charge in [-0.15, -0.1) is 0 Å². The summed E-state index contributed by atoms with van der Waals surface area (Å²) in [7, 11) is 0. The Kier molecular flexibility index (Phi) is 4.01. The summed E-state index contributed by atoms with van der Waals surface area (Å²) >= 11 is 3.51. The molecule has 0 saturated heterocycles. The topological polar surface area (TPSA) is 86.9 Å². The third-order valence-corrected chi connectivity index (χ3v) is 3.62. The first kappa shape index (κ1) is 13.8. The van der Waals surface area contributed by atoms with E-state index in [-0.39, 0.29) is 12.1 Å². The molecule has 2 rings (SSSR count). The van der Waals surface area contributed by atoms with Gasteiger partial charge in [-0.05, 0) is 18.6 Å². The second-order valence-corrected chi connectivity index (χ2v) is 5.25. The summed E-state index contributed by atoms with van der Waals surface area (Å²) in [6.45, 7) is 1.90. The van der Waals surface area contributed by atoms with Gasteiger partial charge in [-0.1, -0.05) is 34.1 Å². The Morgan fingerprint density at radius 3 is 2.63 bits per heavy atom. The van der Waals surface area contributed by atoms with Crippen molar-refractivity contribution in [3.8, 4) is 0 Å². The van der Waals surface area contributed by atoms with Gasteiger partial charge >= 0.3 is 0 Å². The van der Waals surface area contributed by atoms with Crippen LogP contribution in [0, 0.1) is 0 Å². The van der Waals surface area contributed by atoms with Crippen LogP contribution < -0.4 is 11.5 Å². The summed E-state index contributed by atoms with van der Waals surface area (Å²) in [6.07, 6.45) is 3.07. The van der Waals surface area contributed by atoms with Crippen molar-refractivity contribution >= 4 is 21.8 Å². The molecule has 6 heteroatoms. The van der Waals surface area contributed by atoms with Crippen molar-refractivity contribution in [3.05, 3.63) is 52.3 Å². The van der Waals surface area contributed by atoms with E-state index in [1.165, 1.54) is 6.20 Å². The van der Waals surface area contributed by atoms with Crippen molar-refractivity contribution in [1.29, 1.82) is 0 Å². The molecular formula is C13H15BrN4O. The number of hydrogen-bond acceptors (Lipinski definition) is 3. The smallest absolute Gasteiger partial charge is 0.251 e. The van der Waals surface area contributed by atoms with Gasteiger partial charge in [0.05, 0.1) is 17.8 Å². The molecule has 100 valence electrons. The van der Waals surface area contributed by atoms with E-state index < -0.39 is 5.91 Å². The van der Waals surface area contributed by atoms with E-state index in [1.807, 2.05) is 31.2 Å². The summed E-state index contributed by atoms with van der Waals surface area (Å²) in [5.41, 5.74) is 12.7. The number of halogens is 1. The van der Waals surface area contributed by atoms with Crippen molar-refractivity contribution in [2.45, 2.75) is 19.0 Å². The standard InChI is InChI=1S/C13H15BrN4O/c1-8(15)12(10-4-2-3-5-11(10)14)18-7-9(6-17-18)13(16)19/h2-8,12H,15H2,1H3,(H2,16,19). The van der Waals surface area contributed by atoms with Crippen molar-refractivity contribution in [2.24, 2.45) is 11.5 Å². The van der Waals surface area contributed by atoms with Gasteiger partial charge in [0.15, 0.2) is 0 Å². The minimum Gasteiger partial charge on any atom is -0.366 e. The van der Waals surface area contributed by atoms with Gasteiger partial charge in [0.1, 0.15) is 0 Å². The highest BCUT2D eigenvalue weighted by atomic mass is 79.9. The summed E-state index contributed by atoms with van der Waals surface area (Å²) in [6, 6.07) is 7.47. The van der Waals surface area contributed by atoms with Crippen LogP contribution in [0.15, 0.2) is 41.1 Å². The average Bonchev–Trinajstić information content (AvgIpc) is 2.81. The summed E-state index contributed by atoms with van der Waals surface area (Å²) < 4.78 is 2.62. The highest BCUT2D eigenvalue weighted by Crippen LogP contribution is 2.27. The highest BCUT2D eigenvalue weighted by molar-refractivity contribution is 9.10. The Balaban J connectivity index is 2.46. The van der Waals surface area contributed by atoms with Crippen LogP contribution in [0.2, 0.25) is 0 Å². The van der Waals surface area contributed by atoms with Gasteiger partial charge in [0.25, 0.3) is 5.91 Å². The Morgan fingerprint density at radius 1 is 1.42 bits per heavy atom. The van der Waals surface area contributed by atoms with E-state index in [0.29, 0.717) is 5.56 Å². The van der Waals surface area contributed by atoms with E-state index in [1.54, 1.807) is 10.9 Å². The van der Waals surface area contributed by atoms with Gasteiger partial charge in [-0.3, -0.25) is 9.48 Å². The first-order valence-electron chi connectivity index (χ1n) is 5.84. The molecule has 0 saturated carbocycles. The fourth-order valence-corrected chi connectivity index (χ4v) is 2.52. The maximum absolute atomic E-state index is 11.1. The first-order valence-corrected chi connectivity index (χ1v) is 6.64. The van der Waals surface area contributed by atoms with Gasteiger partial charge in [-0.2, -0.15) is 5.10 Å². The lowest BCUT2D eigenvalue weighted by Gasteiger charge is -2.23. The van der Waals surface area contributed by atoms with Crippen LogP contribution in [0.5, 0.6) is 0 Å². The molecule has 1 aromatic carbocycles. The Morgan fingerprint density at radius 2 is 2.11 bits per heavy atom. The van der Waals surface area contributed by atoms with Crippen molar-refractivity contribution in [3.63, 3.8) is 0 Å². The minimum absolute atomic E-state index is 0.163. The molecule has 0 bridgehead atoms. The SMILES string of the molecule is CC(N)C(c1ccccc1Br)n1cc(C(N)=O)cn1. The van der Waals surface area contributed by atoms with Crippen molar-refractivity contribution in [2.75, 3.05) is 0 Å². The van der Waals surface area contributed by atoms with Crippen LogP contribution in [-0.4, -0.2) is 21.7 Å². The average molecular weight is 323 g/mol. The Hall–Kier alpha value is -1.66. The number of nitrogens with zero attached hydrogens (tertiary/aromatic N) is 2. The second-order valence-electron chi connectivity index (χ2n) is 4.40. The number of carbonyl (C=O) groups excluding carboxylic acids is 1. The zero-order valence-electron chi connectivity index (χ0n) is 10.5. The number of hydrogen-bond donors (Lipinski definition) is 2. The Labute approximate surface area is 119 Å². The highest BCUT2D eigenvalue weighted by Gasteiger charge is 2.22. The fraction of sp³-hybridized carbons (Fsp3) is 0.231. The quantitative estimate of drug-likeness (QED) is 0.897. The number of aromatic nitrogens is 2. The maximum Gasteiger partial charge on any atom is 0.251 e. The van der Waals surface area contributed by atoms with Crippen LogP contribution in [-0.2, 0) is 0 Å². The zero-order chi connectivity index (χ0) is 14.0. The van der Waals surface area contributed by atoms with Gasteiger partial charge < -0.3 is 11.5 Å². The number of benzene rings is 1. The molecule has 0 radical (unpaired) electrons. The molecule has 0 aliphatic heterocycles. The molecule has 2 aromatic rings. The molecule has 1 heterocycles. The molecule has 4 N–H and O–H groups in total. The largest absolute Gasteiger partial charge is 0.366 e. The second kappa shape index (κ2) is 5.54. The zero-order valence-corrected chi connectivity index (χ0v) is 12.0. The van der Waals surface area contributed by atoms with Crippen LogP contribution in [0.1, 0.15) is 28.9 Å². The summed E-state index contributed by atoms with van der Waals surface area (Å²) in [5, 5.41) is 4.19. The van der Waals surface area contributed by atoms with Crippen LogP contribution in [0.4, 0.5) is 0 Å². The van der Waals surface area contributed by atoms with Gasteiger partial charge in [0.2, 0.25) is 0 Å². The first-order chi connectivity index (χ1) is 9.00. The molecule has 2 atom stereocenters. The number of nitrogens with two attached hydrogens (primary N) is 2. The maximum atomic E-state index is 11.1. The molecule has 0 fully saturated rings. The predicted molar refractivity (Wildman–Crippen MR) is 76.7 cm³/mol. The number of carbonyl (C=O) groups is 1. The molecule has 19 heavy (non-hydrogen) atoms. The van der Waals surface area contributed by atoms with E-state index in [4.69, 9.17) is 11.5 Å². The van der Waals surface area contributed by atoms with E-state index in [9.17, 15) is 4.79 Å². The molecule has 5 nitrogen and oxygen atoms in total. The molecule has 1 aromatic heterocycles. The molecule has 1 amide bonds. The number of rotatable bonds is 4. The number of primary amides is 1. The third-order valence-electron chi connectivity index (χ3n) is 2.89. The normalized spacial score (nSPS) is 14.1. The van der Waals surface area contributed by atoms with E-state index in [0.717, 1.165) is 10.0 Å². The number of amides is 1. The predicted octanol–water partition coefficient (Wildman–Crippen LogP) is 1.68. The summed E-state index contributed by atoms with van der Waals surface area (Å²) in [4.78, 5) is 11.1. The Bertz CT molecular complexity index is 594. The third kappa shape index (κ3) is 2.85. The molecule has 0 spiro atoms. The van der Waals surface area contributed by atoms with E-state index in [2.05, 4.69) is 21.0 Å². The fourth-order valence-electron chi connectivity index (χ4n) is 2.00. The molecule has 0 aliphatic carbocycles. The molecule has 2 unspecified atom stereocenters. The van der Waals surface area contributed by atoms with Crippen LogP contribution in [0.25, 0.3) is 0 Å². The lowest BCUT2D eigenvalue weighted by atomic mass is 10.0.